The van der Waals surface area contributed by atoms with Crippen molar-refractivity contribution in [1.82, 2.24) is 10.5 Å². The van der Waals surface area contributed by atoms with Crippen LogP contribution in [0, 0.1) is 6.92 Å². The molecule has 0 aliphatic carbocycles. The Morgan fingerprint density at radius 1 is 1.62 bits per heavy atom. The molecule has 0 aliphatic heterocycles. The van der Waals surface area contributed by atoms with Crippen molar-refractivity contribution >= 4 is 11.8 Å². The van der Waals surface area contributed by atoms with E-state index in [9.17, 15) is 0 Å². The highest BCUT2D eigenvalue weighted by Gasteiger charge is 1.98. The molecule has 0 radical (unpaired) electrons. The molecule has 13 heavy (non-hydrogen) atoms. The van der Waals surface area contributed by atoms with Gasteiger partial charge in [0.25, 0.3) is 0 Å². The average Bonchev–Trinajstić information content (AvgIpc) is 2.51. The maximum atomic E-state index is 5.05. The summed E-state index contributed by atoms with van der Waals surface area (Å²) in [5.41, 5.74) is 0.945. The molecule has 4 heteroatoms. The van der Waals surface area contributed by atoms with Gasteiger partial charge in [0, 0.05) is 6.07 Å². The van der Waals surface area contributed by atoms with Crippen LogP contribution < -0.4 is 5.32 Å². The standard InChI is InChI=1S/C9H16N2OS/c1-8-6-9(12-11-8)7-10-4-3-5-13-2/h6,10H,3-5,7H2,1-2H3. The van der Waals surface area contributed by atoms with E-state index >= 15 is 0 Å². The van der Waals surface area contributed by atoms with Gasteiger partial charge in [-0.05, 0) is 31.9 Å². The Balaban J connectivity index is 2.06. The molecule has 1 N–H and O–H groups in total. The monoisotopic (exact) mass is 200 g/mol. The van der Waals surface area contributed by atoms with Crippen molar-refractivity contribution in [3.8, 4) is 0 Å². The van der Waals surface area contributed by atoms with Crippen LogP contribution >= 0.6 is 11.8 Å². The molecule has 1 aromatic heterocycles. The molecule has 1 heterocycles. The van der Waals surface area contributed by atoms with E-state index in [0.29, 0.717) is 0 Å². The van der Waals surface area contributed by atoms with Crippen molar-refractivity contribution in [2.75, 3.05) is 18.6 Å². The van der Waals surface area contributed by atoms with Crippen LogP contribution in [-0.4, -0.2) is 23.7 Å². The molecule has 0 atom stereocenters. The zero-order chi connectivity index (χ0) is 9.52. The summed E-state index contributed by atoms with van der Waals surface area (Å²) in [6.45, 7) is 3.76. The van der Waals surface area contributed by atoms with Gasteiger partial charge in [0.1, 0.15) is 0 Å². The molecular formula is C9H16N2OS. The third-order valence-corrected chi connectivity index (χ3v) is 2.37. The number of thioether (sulfide) groups is 1. The van der Waals surface area contributed by atoms with Gasteiger partial charge in [-0.25, -0.2) is 0 Å². The summed E-state index contributed by atoms with van der Waals surface area (Å²) in [7, 11) is 0. The molecule has 0 bridgehead atoms. The van der Waals surface area contributed by atoms with Gasteiger partial charge in [0.05, 0.1) is 12.2 Å². The molecular weight excluding hydrogens is 184 g/mol. The number of hydrogen-bond acceptors (Lipinski definition) is 4. The zero-order valence-corrected chi connectivity index (χ0v) is 8.99. The van der Waals surface area contributed by atoms with Crippen molar-refractivity contribution in [1.29, 1.82) is 0 Å². The van der Waals surface area contributed by atoms with Crippen LogP contribution in [0.1, 0.15) is 17.9 Å². The maximum Gasteiger partial charge on any atom is 0.150 e. The summed E-state index contributed by atoms with van der Waals surface area (Å²) in [5, 5.41) is 7.12. The number of nitrogens with zero attached hydrogens (tertiary/aromatic N) is 1. The van der Waals surface area contributed by atoms with E-state index in [1.54, 1.807) is 0 Å². The molecule has 3 nitrogen and oxygen atoms in total. The first-order valence-electron chi connectivity index (χ1n) is 4.45. The molecule has 74 valence electrons. The van der Waals surface area contributed by atoms with Crippen LogP contribution in [0.2, 0.25) is 0 Å². The van der Waals surface area contributed by atoms with Crippen LogP contribution in [0.25, 0.3) is 0 Å². The minimum absolute atomic E-state index is 0.787. The van der Waals surface area contributed by atoms with Gasteiger partial charge in [-0.1, -0.05) is 5.16 Å². The van der Waals surface area contributed by atoms with E-state index < -0.39 is 0 Å². The lowest BCUT2D eigenvalue weighted by molar-refractivity contribution is 0.370. The third-order valence-electron chi connectivity index (χ3n) is 1.68. The Morgan fingerprint density at radius 3 is 3.08 bits per heavy atom. The van der Waals surface area contributed by atoms with Crippen LogP contribution in [0.5, 0.6) is 0 Å². The average molecular weight is 200 g/mol. The summed E-state index contributed by atoms with van der Waals surface area (Å²) in [5.74, 6) is 2.13. The highest BCUT2D eigenvalue weighted by molar-refractivity contribution is 7.98. The summed E-state index contributed by atoms with van der Waals surface area (Å²) in [6.07, 6.45) is 3.33. The minimum atomic E-state index is 0.787. The van der Waals surface area contributed by atoms with Gasteiger partial charge in [0.15, 0.2) is 5.76 Å². The van der Waals surface area contributed by atoms with Crippen molar-refractivity contribution in [2.45, 2.75) is 19.9 Å². The van der Waals surface area contributed by atoms with Crippen molar-refractivity contribution in [3.63, 3.8) is 0 Å². The van der Waals surface area contributed by atoms with Crippen LogP contribution in [0.3, 0.4) is 0 Å². The highest BCUT2D eigenvalue weighted by Crippen LogP contribution is 2.01. The maximum absolute atomic E-state index is 5.05. The van der Waals surface area contributed by atoms with E-state index in [-0.39, 0.29) is 0 Å². The van der Waals surface area contributed by atoms with Crippen LogP contribution in [0.4, 0.5) is 0 Å². The lowest BCUT2D eigenvalue weighted by atomic mass is 10.4. The van der Waals surface area contributed by atoms with Gasteiger partial charge < -0.3 is 9.84 Å². The lowest BCUT2D eigenvalue weighted by Crippen LogP contribution is -2.14. The highest BCUT2D eigenvalue weighted by atomic mass is 32.2. The number of aromatic nitrogens is 1. The molecule has 0 spiro atoms. The molecule has 0 fully saturated rings. The summed E-state index contributed by atoms with van der Waals surface area (Å²) in [4.78, 5) is 0. The predicted octanol–water partition coefficient (Wildman–Crippen LogP) is 1.83. The number of nitrogens with one attached hydrogen (secondary N) is 1. The Kier molecular flexibility index (Phi) is 4.93. The quantitative estimate of drug-likeness (QED) is 0.711. The molecule has 0 saturated heterocycles. The van der Waals surface area contributed by atoms with E-state index in [1.165, 1.54) is 12.2 Å². The van der Waals surface area contributed by atoms with E-state index in [1.807, 2.05) is 24.8 Å². The second kappa shape index (κ2) is 6.05. The lowest BCUT2D eigenvalue weighted by Gasteiger charge is -1.99. The molecule has 0 aliphatic rings. The molecule has 0 amide bonds. The largest absolute Gasteiger partial charge is 0.360 e. The molecule has 0 saturated carbocycles. The molecule has 0 unspecified atom stereocenters. The number of rotatable bonds is 6. The van der Waals surface area contributed by atoms with Crippen molar-refractivity contribution in [3.05, 3.63) is 17.5 Å². The summed E-state index contributed by atoms with van der Waals surface area (Å²) in [6, 6.07) is 1.96. The Labute approximate surface area is 83.3 Å². The summed E-state index contributed by atoms with van der Waals surface area (Å²) < 4.78 is 5.05. The minimum Gasteiger partial charge on any atom is -0.360 e. The van der Waals surface area contributed by atoms with Gasteiger partial charge >= 0.3 is 0 Å². The first kappa shape index (κ1) is 10.6. The summed E-state index contributed by atoms with van der Waals surface area (Å²) >= 11 is 1.88. The first-order valence-corrected chi connectivity index (χ1v) is 5.84. The number of aryl methyl sites for hydroxylation is 1. The SMILES string of the molecule is CSCCCNCc1cc(C)no1. The molecule has 1 aromatic rings. The zero-order valence-electron chi connectivity index (χ0n) is 8.17. The Morgan fingerprint density at radius 2 is 2.46 bits per heavy atom. The first-order chi connectivity index (χ1) is 6.33. The third kappa shape index (κ3) is 4.33. The molecule has 0 aromatic carbocycles. The second-order valence-electron chi connectivity index (χ2n) is 2.96. The van der Waals surface area contributed by atoms with Gasteiger partial charge in [-0.15, -0.1) is 0 Å². The van der Waals surface area contributed by atoms with Gasteiger partial charge in [-0.2, -0.15) is 11.8 Å². The fraction of sp³-hybridized carbons (Fsp3) is 0.667. The second-order valence-corrected chi connectivity index (χ2v) is 3.94. The van der Waals surface area contributed by atoms with E-state index in [4.69, 9.17) is 4.52 Å². The Hall–Kier alpha value is -0.480. The topological polar surface area (TPSA) is 38.1 Å². The van der Waals surface area contributed by atoms with E-state index in [0.717, 1.165) is 24.5 Å². The number of hydrogen-bond donors (Lipinski definition) is 1. The fourth-order valence-corrected chi connectivity index (χ4v) is 1.49. The van der Waals surface area contributed by atoms with Crippen molar-refractivity contribution in [2.24, 2.45) is 0 Å². The molecule has 1 rings (SSSR count). The van der Waals surface area contributed by atoms with Crippen molar-refractivity contribution < 1.29 is 4.52 Å². The van der Waals surface area contributed by atoms with Gasteiger partial charge in [-0.3, -0.25) is 0 Å². The Bertz CT molecular complexity index is 237. The fourth-order valence-electron chi connectivity index (χ4n) is 1.05. The predicted molar refractivity (Wildman–Crippen MR) is 55.9 cm³/mol. The van der Waals surface area contributed by atoms with Gasteiger partial charge in [0.2, 0.25) is 0 Å². The normalized spacial score (nSPS) is 10.6. The van der Waals surface area contributed by atoms with Crippen LogP contribution in [-0.2, 0) is 6.54 Å². The van der Waals surface area contributed by atoms with Crippen LogP contribution in [0.15, 0.2) is 10.6 Å². The smallest absolute Gasteiger partial charge is 0.150 e. The van der Waals surface area contributed by atoms with E-state index in [2.05, 4.69) is 16.7 Å².